The molecule has 5 heavy (non-hydrogen) atoms. The van der Waals surface area contributed by atoms with Gasteiger partial charge in [-0.2, -0.15) is 9.90 Å². The molecule has 0 aromatic rings. The van der Waals surface area contributed by atoms with Gasteiger partial charge in [0.15, 0.2) is 17.4 Å². The first-order valence-electron chi connectivity index (χ1n) is 0. The van der Waals surface area contributed by atoms with Crippen molar-refractivity contribution < 1.29 is 0 Å². The number of rotatable bonds is 0. The zero-order chi connectivity index (χ0) is 0. The molecule has 0 fully saturated rings. The molecule has 1 atom stereocenters. The zero-order valence-electron chi connectivity index (χ0n) is 0.707. The summed E-state index contributed by atoms with van der Waals surface area (Å²) < 4.78 is 0. The molecule has 0 aliphatic rings. The summed E-state index contributed by atoms with van der Waals surface area (Å²) >= 11 is 0. The van der Waals surface area contributed by atoms with Crippen LogP contribution in [-0.4, -0.2) is 82.2 Å². The average Bonchev–Trinajstić information content (AvgIpc) is 0. The van der Waals surface area contributed by atoms with E-state index >= 15 is 0 Å². The molecule has 0 aromatic carbocycles. The molecule has 0 N–H and O–H groups in total. The molecule has 32 valence electrons. The van der Waals surface area contributed by atoms with Crippen molar-refractivity contribution in [2.45, 2.75) is 0 Å². The van der Waals surface area contributed by atoms with Gasteiger partial charge in [0.2, 0.25) is 0 Å². The monoisotopic (exact) mass is 200 g/mol. The molecule has 0 aliphatic heterocycles. The summed E-state index contributed by atoms with van der Waals surface area (Å²) in [7, 11) is 0. The van der Waals surface area contributed by atoms with E-state index in [0.29, 0.717) is 0 Å². The predicted molar refractivity (Wildman–Crippen MR) is 50.9 cm³/mol. The topological polar surface area (TPSA) is 0 Å². The summed E-state index contributed by atoms with van der Waals surface area (Å²) in [6.07, 6.45) is 0. The van der Waals surface area contributed by atoms with Crippen molar-refractivity contribution >= 4 is 92.1 Å². The van der Waals surface area contributed by atoms with Crippen LogP contribution in [0.25, 0.3) is 0 Å². The van der Waals surface area contributed by atoms with Gasteiger partial charge in [0.05, 0.1) is 8.41 Å². The molecule has 1 unspecified atom stereocenters. The maximum atomic E-state index is 0. The van der Waals surface area contributed by atoms with Crippen molar-refractivity contribution in [1.29, 1.82) is 0 Å². The Labute approximate surface area is 90.5 Å². The van der Waals surface area contributed by atoms with Gasteiger partial charge in [0.1, 0.15) is 0 Å². The van der Waals surface area contributed by atoms with E-state index in [1.54, 1.807) is 0 Å². The fourth-order valence-electron chi connectivity index (χ4n) is 0. The maximum absolute atomic E-state index is 0. The van der Waals surface area contributed by atoms with Gasteiger partial charge in [-0.15, -0.1) is 0 Å². The van der Waals surface area contributed by atoms with E-state index in [2.05, 4.69) is 0 Å². The van der Waals surface area contributed by atoms with E-state index in [9.17, 15) is 0 Å². The van der Waals surface area contributed by atoms with Gasteiger partial charge in [-0.05, 0) is 11.0 Å². The van der Waals surface area contributed by atoms with E-state index in [0.717, 1.165) is 0 Å². The Balaban J connectivity index is 0. The Kier molecular flexibility index (Phi) is 279. The Morgan fingerprint density at radius 3 is 1.00 bits per heavy atom. The van der Waals surface area contributed by atoms with Gasteiger partial charge in [0.25, 0.3) is 0 Å². The van der Waals surface area contributed by atoms with Crippen molar-refractivity contribution in [1.82, 2.24) is 0 Å². The van der Waals surface area contributed by atoms with Gasteiger partial charge in [0, 0.05) is 0 Å². The third kappa shape index (κ3) is 20.2. The second-order valence-corrected chi connectivity index (χ2v) is 0. The summed E-state index contributed by atoms with van der Waals surface area (Å²) in [6, 6.07) is 0. The predicted octanol–water partition coefficient (Wildman–Crippen LogP) is -4.68. The fraction of sp³-hybridized carbons (Fsp3) is 0. The van der Waals surface area contributed by atoms with Crippen LogP contribution in [0.1, 0.15) is 0 Å². The van der Waals surface area contributed by atoms with E-state index in [-0.39, 0.29) is 92.1 Å². The van der Waals surface area contributed by atoms with Gasteiger partial charge >= 0.3 is 45.5 Å². The van der Waals surface area contributed by atoms with E-state index in [1.807, 2.05) is 0 Å². The van der Waals surface area contributed by atoms with Crippen molar-refractivity contribution in [3.05, 3.63) is 0 Å². The van der Waals surface area contributed by atoms with Crippen LogP contribution >= 0.6 is 9.90 Å². The van der Waals surface area contributed by atoms with E-state index < -0.39 is 0 Å². The van der Waals surface area contributed by atoms with Gasteiger partial charge < -0.3 is 0 Å². The molecule has 5 heteroatoms. The van der Waals surface area contributed by atoms with Crippen molar-refractivity contribution in [2.75, 3.05) is 0 Å². The summed E-state index contributed by atoms with van der Waals surface area (Å²) in [5.74, 6) is 0. The Bertz CT molecular complexity index is 11.6. The summed E-state index contributed by atoms with van der Waals surface area (Å²) in [5, 5.41) is 0. The SMILES string of the molecule is B.P.[AlH3].[SiH4].[SrH2]. The standard InChI is InChI=1S/Al.BH3.H3P.H4Si.Sr.5H/h;2*1H3;1H4;;;;;;. The van der Waals surface area contributed by atoms with Crippen molar-refractivity contribution in [3.8, 4) is 0 Å². The Hall–Kier alpha value is 2.72. The Morgan fingerprint density at radius 2 is 1.00 bits per heavy atom. The van der Waals surface area contributed by atoms with Crippen LogP contribution in [0.4, 0.5) is 0 Å². The molecular weight excluding hydrogens is 184 g/mol. The average molecular weight is 200 g/mol. The first-order chi connectivity index (χ1) is 0. The summed E-state index contributed by atoms with van der Waals surface area (Å²) in [6.45, 7) is 0. The molecule has 0 bridgehead atoms. The van der Waals surface area contributed by atoms with Gasteiger partial charge in [-0.3, -0.25) is 0 Å². The van der Waals surface area contributed by atoms with E-state index in [4.69, 9.17) is 0 Å². The van der Waals surface area contributed by atoms with Crippen LogP contribution in [0.15, 0.2) is 0 Å². The van der Waals surface area contributed by atoms with Crippen molar-refractivity contribution in [2.24, 2.45) is 0 Å². The quantitative estimate of drug-likeness (QED) is 0.272. The molecule has 0 amide bonds. The second-order valence-electron chi connectivity index (χ2n) is 0. The van der Waals surface area contributed by atoms with Gasteiger partial charge in [-0.1, -0.05) is 0 Å². The normalized spacial score (nSPS) is 0. The van der Waals surface area contributed by atoms with Crippen molar-refractivity contribution in [3.63, 3.8) is 0 Å². The first-order valence-corrected chi connectivity index (χ1v) is 0. The molecule has 0 saturated carbocycles. The molecule has 0 nitrogen and oxygen atoms in total. The molecule has 0 heterocycles. The second kappa shape index (κ2) is 29.7. The Morgan fingerprint density at radius 1 is 1.00 bits per heavy atom. The minimum atomic E-state index is 0. The van der Waals surface area contributed by atoms with Crippen LogP contribution in [-0.2, 0) is 0 Å². The van der Waals surface area contributed by atoms with Crippen LogP contribution in [0.3, 0.4) is 0 Å². The molecule has 0 aromatic heterocycles. The molecule has 0 radical (unpaired) electrons. The zero-order valence-corrected chi connectivity index (χ0v) is 2.12. The molecule has 0 spiro atoms. The first kappa shape index (κ1) is 47.1. The van der Waals surface area contributed by atoms with E-state index in [1.165, 1.54) is 0 Å². The molecular formula is H15AlBPSiSr. The molecule has 0 saturated heterocycles. The van der Waals surface area contributed by atoms with Crippen LogP contribution in [0, 0.1) is 0 Å². The summed E-state index contributed by atoms with van der Waals surface area (Å²) in [4.78, 5) is 0. The van der Waals surface area contributed by atoms with Crippen LogP contribution in [0.2, 0.25) is 0 Å². The third-order valence-electron chi connectivity index (χ3n) is 0. The van der Waals surface area contributed by atoms with Crippen LogP contribution < -0.4 is 0 Å². The molecule has 0 rings (SSSR count). The van der Waals surface area contributed by atoms with Gasteiger partial charge in [-0.25, -0.2) is 0 Å². The minimum absolute atomic E-state index is 0. The number of hydrogen-bond acceptors (Lipinski definition) is 0. The third-order valence-corrected chi connectivity index (χ3v) is 0. The fourth-order valence-corrected chi connectivity index (χ4v) is 0. The molecule has 0 aliphatic carbocycles. The summed E-state index contributed by atoms with van der Waals surface area (Å²) in [5.41, 5.74) is 0. The number of hydrogen-bond donors (Lipinski definition) is 0. The van der Waals surface area contributed by atoms with Crippen LogP contribution in [0.5, 0.6) is 0 Å².